The van der Waals surface area contributed by atoms with Crippen LogP contribution in [-0.4, -0.2) is 17.4 Å². The lowest BCUT2D eigenvalue weighted by atomic mass is 10.1. The van der Waals surface area contributed by atoms with E-state index in [1.165, 1.54) is 6.07 Å². The molecule has 0 spiro atoms. The van der Waals surface area contributed by atoms with Crippen molar-refractivity contribution in [2.75, 3.05) is 6.54 Å². The smallest absolute Gasteiger partial charge is 0.267 e. The van der Waals surface area contributed by atoms with Gasteiger partial charge in [0.15, 0.2) is 0 Å². The van der Waals surface area contributed by atoms with Crippen molar-refractivity contribution in [3.8, 4) is 11.8 Å². The third-order valence-corrected chi connectivity index (χ3v) is 2.66. The summed E-state index contributed by atoms with van der Waals surface area (Å²) in [5.74, 6) is 4.86. The number of aromatic nitrogens is 1. The molecule has 0 aliphatic heterocycles. The van der Waals surface area contributed by atoms with Crippen molar-refractivity contribution in [2.24, 2.45) is 5.73 Å². The Morgan fingerprint density at radius 3 is 2.95 bits per heavy atom. The zero-order valence-corrected chi connectivity index (χ0v) is 10.7. The fourth-order valence-electron chi connectivity index (χ4n) is 1.68. The van der Waals surface area contributed by atoms with E-state index in [1.807, 2.05) is 0 Å². The number of rotatable bonds is 3. The molecule has 1 heterocycles. The summed E-state index contributed by atoms with van der Waals surface area (Å²) < 4.78 is 13.7. The van der Waals surface area contributed by atoms with Crippen LogP contribution in [0.2, 0.25) is 0 Å². The third kappa shape index (κ3) is 3.46. The summed E-state index contributed by atoms with van der Waals surface area (Å²) in [6.45, 7) is 0.345. The van der Waals surface area contributed by atoms with Gasteiger partial charge in [0.1, 0.15) is 11.5 Å². The molecule has 0 saturated carbocycles. The number of H-pyrrole nitrogens is 1. The topological polar surface area (TPSA) is 70.9 Å². The lowest BCUT2D eigenvalue weighted by Gasteiger charge is -2.06. The average molecular weight is 271 g/mol. The highest BCUT2D eigenvalue weighted by Gasteiger charge is 2.08. The standard InChI is InChI=1S/C15H14FN3O/c16-13-6-5-11(3-1-7-17)9-12(13)10-19-15(20)14-4-2-8-18-14/h2,4-6,8-9,18H,7,10,17H2,(H,19,20). The van der Waals surface area contributed by atoms with Crippen molar-refractivity contribution in [2.45, 2.75) is 6.54 Å². The zero-order chi connectivity index (χ0) is 14.4. The third-order valence-electron chi connectivity index (χ3n) is 2.66. The number of hydrogen-bond acceptors (Lipinski definition) is 2. The lowest BCUT2D eigenvalue weighted by molar-refractivity contribution is 0.0946. The molecular weight excluding hydrogens is 257 g/mol. The maximum absolute atomic E-state index is 13.7. The van der Waals surface area contributed by atoms with E-state index >= 15 is 0 Å². The monoisotopic (exact) mass is 271 g/mol. The summed E-state index contributed by atoms with van der Waals surface area (Å²) in [7, 11) is 0. The van der Waals surface area contributed by atoms with E-state index in [0.717, 1.165) is 0 Å². The minimum absolute atomic E-state index is 0.0990. The molecule has 4 N–H and O–H groups in total. The molecule has 5 heteroatoms. The summed E-state index contributed by atoms with van der Waals surface area (Å²) in [5, 5.41) is 2.64. The highest BCUT2D eigenvalue weighted by Crippen LogP contribution is 2.10. The molecule has 0 aliphatic rings. The Labute approximate surface area is 116 Å². The van der Waals surface area contributed by atoms with Crippen LogP contribution in [0.3, 0.4) is 0 Å². The molecule has 0 fully saturated rings. The van der Waals surface area contributed by atoms with Gasteiger partial charge >= 0.3 is 0 Å². The van der Waals surface area contributed by atoms with Gasteiger partial charge in [0.2, 0.25) is 0 Å². The van der Waals surface area contributed by atoms with Gasteiger partial charge in [-0.2, -0.15) is 0 Å². The van der Waals surface area contributed by atoms with Crippen LogP contribution in [0.15, 0.2) is 36.5 Å². The zero-order valence-electron chi connectivity index (χ0n) is 10.7. The molecule has 1 aromatic carbocycles. The van der Waals surface area contributed by atoms with Gasteiger partial charge in [-0.25, -0.2) is 4.39 Å². The summed E-state index contributed by atoms with van der Waals surface area (Å²) in [6.07, 6.45) is 1.65. The van der Waals surface area contributed by atoms with Gasteiger partial charge in [0, 0.05) is 23.9 Å². The number of halogens is 1. The quantitative estimate of drug-likeness (QED) is 0.738. The molecule has 0 saturated heterocycles. The molecule has 0 atom stereocenters. The predicted molar refractivity (Wildman–Crippen MR) is 74.3 cm³/mol. The minimum atomic E-state index is -0.380. The Morgan fingerprint density at radius 1 is 1.40 bits per heavy atom. The van der Waals surface area contributed by atoms with Gasteiger partial charge in [-0.05, 0) is 30.3 Å². The molecule has 102 valence electrons. The number of carbonyl (C=O) groups excluding carboxylic acids is 1. The molecule has 2 aromatic rings. The fraction of sp³-hybridized carbons (Fsp3) is 0.133. The average Bonchev–Trinajstić information content (AvgIpc) is 2.99. The highest BCUT2D eigenvalue weighted by molar-refractivity contribution is 5.92. The second-order valence-corrected chi connectivity index (χ2v) is 4.08. The number of benzene rings is 1. The molecule has 0 unspecified atom stereocenters. The van der Waals surface area contributed by atoms with Crippen molar-refractivity contribution in [3.05, 3.63) is 59.2 Å². The molecule has 0 aliphatic carbocycles. The van der Waals surface area contributed by atoms with E-state index in [2.05, 4.69) is 22.1 Å². The Balaban J connectivity index is 2.07. The van der Waals surface area contributed by atoms with Gasteiger partial charge in [0.05, 0.1) is 6.54 Å². The first-order valence-corrected chi connectivity index (χ1v) is 6.09. The molecule has 4 nitrogen and oxygen atoms in total. The number of hydrogen-bond donors (Lipinski definition) is 3. The van der Waals surface area contributed by atoms with E-state index in [1.54, 1.807) is 30.5 Å². The first-order chi connectivity index (χ1) is 9.70. The van der Waals surface area contributed by atoms with Crippen LogP contribution in [0.1, 0.15) is 21.6 Å². The van der Waals surface area contributed by atoms with Crippen LogP contribution < -0.4 is 11.1 Å². The van der Waals surface area contributed by atoms with E-state index in [-0.39, 0.29) is 24.8 Å². The number of amides is 1. The summed E-state index contributed by atoms with van der Waals surface area (Å²) in [4.78, 5) is 14.5. The summed E-state index contributed by atoms with van der Waals surface area (Å²) in [5.41, 5.74) is 6.77. The molecular formula is C15H14FN3O. The predicted octanol–water partition coefficient (Wildman–Crippen LogP) is 1.39. The molecule has 2 rings (SSSR count). The second-order valence-electron chi connectivity index (χ2n) is 4.08. The van der Waals surface area contributed by atoms with Crippen LogP contribution in [-0.2, 0) is 6.54 Å². The van der Waals surface area contributed by atoms with E-state index in [4.69, 9.17) is 5.73 Å². The summed E-state index contributed by atoms with van der Waals surface area (Å²) in [6, 6.07) is 7.88. The van der Waals surface area contributed by atoms with Crippen LogP contribution in [0, 0.1) is 17.7 Å². The van der Waals surface area contributed by atoms with Gasteiger partial charge in [-0.1, -0.05) is 11.8 Å². The summed E-state index contributed by atoms with van der Waals surface area (Å²) >= 11 is 0. The second kappa shape index (κ2) is 6.55. The Kier molecular flexibility index (Phi) is 4.53. The van der Waals surface area contributed by atoms with Crippen molar-refractivity contribution in [1.82, 2.24) is 10.3 Å². The van der Waals surface area contributed by atoms with Crippen molar-refractivity contribution >= 4 is 5.91 Å². The van der Waals surface area contributed by atoms with Gasteiger partial charge in [-0.3, -0.25) is 4.79 Å². The largest absolute Gasteiger partial charge is 0.357 e. The van der Waals surface area contributed by atoms with E-state index in [9.17, 15) is 9.18 Å². The molecule has 0 radical (unpaired) electrons. The van der Waals surface area contributed by atoms with E-state index in [0.29, 0.717) is 16.8 Å². The Morgan fingerprint density at radius 2 is 2.25 bits per heavy atom. The molecule has 20 heavy (non-hydrogen) atoms. The number of nitrogens with two attached hydrogens (primary N) is 1. The number of carbonyl (C=O) groups is 1. The van der Waals surface area contributed by atoms with Crippen molar-refractivity contribution < 1.29 is 9.18 Å². The normalized spacial score (nSPS) is 9.70. The Bertz CT molecular complexity index is 653. The van der Waals surface area contributed by atoms with Crippen LogP contribution in [0.25, 0.3) is 0 Å². The van der Waals surface area contributed by atoms with Crippen molar-refractivity contribution in [3.63, 3.8) is 0 Å². The maximum atomic E-state index is 13.7. The van der Waals surface area contributed by atoms with Gasteiger partial charge < -0.3 is 16.0 Å². The van der Waals surface area contributed by atoms with Crippen molar-refractivity contribution in [1.29, 1.82) is 0 Å². The van der Waals surface area contributed by atoms with Crippen LogP contribution in [0.4, 0.5) is 4.39 Å². The molecule has 0 bridgehead atoms. The van der Waals surface area contributed by atoms with Gasteiger partial charge in [-0.15, -0.1) is 0 Å². The van der Waals surface area contributed by atoms with Crippen LogP contribution >= 0.6 is 0 Å². The number of aromatic amines is 1. The molecule has 1 amide bonds. The first-order valence-electron chi connectivity index (χ1n) is 6.09. The lowest BCUT2D eigenvalue weighted by Crippen LogP contribution is -2.23. The number of nitrogens with one attached hydrogen (secondary N) is 2. The van der Waals surface area contributed by atoms with E-state index < -0.39 is 0 Å². The highest BCUT2D eigenvalue weighted by atomic mass is 19.1. The fourth-order valence-corrected chi connectivity index (χ4v) is 1.68. The van der Waals surface area contributed by atoms with Gasteiger partial charge in [0.25, 0.3) is 5.91 Å². The molecule has 1 aromatic heterocycles. The van der Waals surface area contributed by atoms with Crippen LogP contribution in [0.5, 0.6) is 0 Å². The first kappa shape index (κ1) is 13.8. The SMILES string of the molecule is NCC#Cc1ccc(F)c(CNC(=O)c2ccc[nH]2)c1. The maximum Gasteiger partial charge on any atom is 0.267 e. The minimum Gasteiger partial charge on any atom is -0.357 e. The Hall–Kier alpha value is -2.58.